The van der Waals surface area contributed by atoms with Gasteiger partial charge in [-0.15, -0.1) is 0 Å². The summed E-state index contributed by atoms with van der Waals surface area (Å²) in [6.45, 7) is 6.21. The number of methoxy groups -OCH3 is 1. The van der Waals surface area contributed by atoms with Gasteiger partial charge in [-0.3, -0.25) is 10.1 Å². The Kier molecular flexibility index (Phi) is 6.08. The maximum atomic E-state index is 12.1. The van der Waals surface area contributed by atoms with Crippen LogP contribution in [0.3, 0.4) is 0 Å². The average molecular weight is 350 g/mol. The molecule has 0 saturated carbocycles. The minimum absolute atomic E-state index is 0.324. The van der Waals surface area contributed by atoms with E-state index in [9.17, 15) is 9.59 Å². The van der Waals surface area contributed by atoms with E-state index >= 15 is 0 Å². The number of carbonyl (C=O) groups excluding carboxylic acids is 2. The summed E-state index contributed by atoms with van der Waals surface area (Å²) in [6, 6.07) is 5.04. The third-order valence-electron chi connectivity index (χ3n) is 3.23. The van der Waals surface area contributed by atoms with E-state index in [2.05, 4.69) is 20.6 Å². The van der Waals surface area contributed by atoms with Crippen LogP contribution in [0.1, 0.15) is 20.8 Å². The number of thioether (sulfide) groups is 1. The fourth-order valence-electron chi connectivity index (χ4n) is 1.92. The van der Waals surface area contributed by atoms with Crippen molar-refractivity contribution in [3.63, 3.8) is 0 Å². The Labute approximate surface area is 144 Å². The van der Waals surface area contributed by atoms with Crippen molar-refractivity contribution in [2.24, 2.45) is 5.92 Å². The molecule has 1 aromatic heterocycles. The number of rotatable bonds is 6. The van der Waals surface area contributed by atoms with Gasteiger partial charge in [0.15, 0.2) is 5.16 Å². The van der Waals surface area contributed by atoms with Crippen LogP contribution in [-0.2, 0) is 4.79 Å². The number of fused-ring (bicyclic) bond motifs is 1. The number of urea groups is 1. The molecule has 2 rings (SSSR count). The zero-order valence-electron chi connectivity index (χ0n) is 14.2. The lowest BCUT2D eigenvalue weighted by Gasteiger charge is -2.11. The minimum atomic E-state index is -0.476. The minimum Gasteiger partial charge on any atom is -0.497 e. The highest BCUT2D eigenvalue weighted by atomic mass is 32.2. The molecule has 130 valence electrons. The normalized spacial score (nSPS) is 12.2. The Morgan fingerprint density at radius 2 is 2.08 bits per heavy atom. The van der Waals surface area contributed by atoms with E-state index < -0.39 is 11.3 Å². The lowest BCUT2D eigenvalue weighted by molar-refractivity contribution is -0.119. The largest absolute Gasteiger partial charge is 0.497 e. The van der Waals surface area contributed by atoms with Crippen molar-refractivity contribution >= 4 is 34.7 Å². The van der Waals surface area contributed by atoms with Gasteiger partial charge >= 0.3 is 6.03 Å². The maximum absolute atomic E-state index is 12.1. The van der Waals surface area contributed by atoms with Crippen molar-refractivity contribution in [2.75, 3.05) is 13.7 Å². The molecular formula is C16H22N4O3S. The third-order valence-corrected chi connectivity index (χ3v) is 4.22. The molecule has 7 nitrogen and oxygen atoms in total. The van der Waals surface area contributed by atoms with Gasteiger partial charge in [-0.1, -0.05) is 25.6 Å². The van der Waals surface area contributed by atoms with Crippen LogP contribution in [0.4, 0.5) is 4.79 Å². The molecule has 0 saturated heterocycles. The van der Waals surface area contributed by atoms with Crippen molar-refractivity contribution in [3.8, 4) is 5.75 Å². The molecule has 3 N–H and O–H groups in total. The highest BCUT2D eigenvalue weighted by Gasteiger charge is 2.19. The van der Waals surface area contributed by atoms with Gasteiger partial charge in [0.25, 0.3) is 0 Å². The molecule has 2 aromatic rings. The quantitative estimate of drug-likeness (QED) is 0.696. The summed E-state index contributed by atoms with van der Waals surface area (Å²) in [5.41, 5.74) is 1.62. The number of amides is 3. The second-order valence-corrected chi connectivity index (χ2v) is 7.11. The van der Waals surface area contributed by atoms with Gasteiger partial charge in [-0.2, -0.15) is 0 Å². The molecule has 0 fully saturated rings. The van der Waals surface area contributed by atoms with E-state index in [0.717, 1.165) is 16.8 Å². The molecule has 0 radical (unpaired) electrons. The highest BCUT2D eigenvalue weighted by molar-refractivity contribution is 8.00. The maximum Gasteiger partial charge on any atom is 0.321 e. The lowest BCUT2D eigenvalue weighted by atomic mass is 10.2. The number of imide groups is 1. The Hall–Kier alpha value is -2.22. The van der Waals surface area contributed by atoms with Crippen LogP contribution >= 0.6 is 11.8 Å². The number of aromatic amines is 1. The van der Waals surface area contributed by atoms with Crippen LogP contribution in [0.5, 0.6) is 5.75 Å². The second kappa shape index (κ2) is 8.05. The molecule has 3 amide bonds. The summed E-state index contributed by atoms with van der Waals surface area (Å²) in [4.78, 5) is 31.3. The van der Waals surface area contributed by atoms with Crippen LogP contribution < -0.4 is 15.4 Å². The Morgan fingerprint density at radius 1 is 1.33 bits per heavy atom. The smallest absolute Gasteiger partial charge is 0.321 e. The van der Waals surface area contributed by atoms with E-state index in [1.807, 2.05) is 32.0 Å². The molecule has 0 unspecified atom stereocenters. The molecule has 0 aliphatic heterocycles. The van der Waals surface area contributed by atoms with Gasteiger partial charge in [-0.25, -0.2) is 9.78 Å². The fraction of sp³-hybridized carbons (Fsp3) is 0.438. The summed E-state index contributed by atoms with van der Waals surface area (Å²) < 4.78 is 5.17. The number of hydrogen-bond donors (Lipinski definition) is 3. The van der Waals surface area contributed by atoms with Gasteiger partial charge in [0, 0.05) is 12.6 Å². The van der Waals surface area contributed by atoms with Crippen molar-refractivity contribution in [2.45, 2.75) is 31.2 Å². The van der Waals surface area contributed by atoms with Gasteiger partial charge in [0.05, 0.1) is 23.4 Å². The van der Waals surface area contributed by atoms with E-state index in [1.54, 1.807) is 14.0 Å². The number of ether oxygens (including phenoxy) is 1. The number of carbonyl (C=O) groups is 2. The van der Waals surface area contributed by atoms with Crippen LogP contribution in [-0.4, -0.2) is 40.8 Å². The topological polar surface area (TPSA) is 96.1 Å². The van der Waals surface area contributed by atoms with E-state index in [0.29, 0.717) is 17.6 Å². The molecule has 0 bridgehead atoms. The molecule has 24 heavy (non-hydrogen) atoms. The van der Waals surface area contributed by atoms with E-state index in [4.69, 9.17) is 4.74 Å². The molecule has 8 heteroatoms. The summed E-state index contributed by atoms with van der Waals surface area (Å²) in [7, 11) is 1.60. The van der Waals surface area contributed by atoms with Crippen LogP contribution in [0.2, 0.25) is 0 Å². The Bertz CT molecular complexity index is 729. The Balaban J connectivity index is 1.94. The molecular weight excluding hydrogens is 328 g/mol. The number of hydrogen-bond acceptors (Lipinski definition) is 5. The predicted molar refractivity (Wildman–Crippen MR) is 94.3 cm³/mol. The van der Waals surface area contributed by atoms with E-state index in [-0.39, 0.29) is 5.91 Å². The van der Waals surface area contributed by atoms with Crippen LogP contribution in [0.15, 0.2) is 23.4 Å². The lowest BCUT2D eigenvalue weighted by Crippen LogP contribution is -2.43. The number of imidazole rings is 1. The molecule has 0 aliphatic carbocycles. The monoisotopic (exact) mass is 350 g/mol. The van der Waals surface area contributed by atoms with Gasteiger partial charge < -0.3 is 15.0 Å². The van der Waals surface area contributed by atoms with E-state index in [1.165, 1.54) is 11.8 Å². The Morgan fingerprint density at radius 3 is 2.75 bits per heavy atom. The predicted octanol–water partition coefficient (Wildman–Crippen LogP) is 2.53. The molecule has 0 aliphatic rings. The SMILES string of the molecule is COc1ccc2nc(S[C@H](C)C(=O)NC(=O)NCC(C)C)[nH]c2c1. The molecule has 0 spiro atoms. The number of H-pyrrole nitrogens is 1. The summed E-state index contributed by atoms with van der Waals surface area (Å²) in [6.07, 6.45) is 0. The van der Waals surface area contributed by atoms with Crippen molar-refractivity contribution in [1.29, 1.82) is 0 Å². The zero-order valence-corrected chi connectivity index (χ0v) is 15.0. The van der Waals surface area contributed by atoms with Crippen molar-refractivity contribution in [1.82, 2.24) is 20.6 Å². The first-order valence-corrected chi connectivity index (χ1v) is 8.56. The zero-order chi connectivity index (χ0) is 17.7. The number of nitrogens with one attached hydrogen (secondary N) is 3. The fourth-order valence-corrected chi connectivity index (χ4v) is 2.74. The van der Waals surface area contributed by atoms with Gasteiger partial charge in [0.1, 0.15) is 5.75 Å². The van der Waals surface area contributed by atoms with Crippen molar-refractivity contribution in [3.05, 3.63) is 18.2 Å². The second-order valence-electron chi connectivity index (χ2n) is 5.78. The first kappa shape index (κ1) is 18.1. The first-order chi connectivity index (χ1) is 11.4. The third kappa shape index (κ3) is 4.89. The standard InChI is InChI=1S/C16H22N4O3S/c1-9(2)8-17-15(22)20-14(21)10(3)24-16-18-12-6-5-11(23-4)7-13(12)19-16/h5-7,9-10H,8H2,1-4H3,(H,18,19)(H2,17,20,21,22)/t10-/m1/s1. The molecule has 1 atom stereocenters. The van der Waals surface area contributed by atoms with Gasteiger partial charge in [0.2, 0.25) is 5.91 Å². The highest BCUT2D eigenvalue weighted by Crippen LogP contribution is 2.25. The molecule has 1 aromatic carbocycles. The average Bonchev–Trinajstić information content (AvgIpc) is 2.93. The van der Waals surface area contributed by atoms with Crippen molar-refractivity contribution < 1.29 is 14.3 Å². The van der Waals surface area contributed by atoms with Crippen LogP contribution in [0.25, 0.3) is 11.0 Å². The van der Waals surface area contributed by atoms with Crippen LogP contribution in [0, 0.1) is 5.92 Å². The summed E-state index contributed by atoms with van der Waals surface area (Å²) >= 11 is 1.26. The number of benzene rings is 1. The number of aromatic nitrogens is 2. The summed E-state index contributed by atoms with van der Waals surface area (Å²) in [5.74, 6) is 0.694. The molecule has 1 heterocycles. The summed E-state index contributed by atoms with van der Waals surface area (Å²) in [5, 5.41) is 5.14. The van der Waals surface area contributed by atoms with Gasteiger partial charge in [-0.05, 0) is 25.0 Å². The number of nitrogens with zero attached hydrogens (tertiary/aromatic N) is 1. The first-order valence-electron chi connectivity index (χ1n) is 7.68.